The molecule has 0 aromatic rings. The lowest BCUT2D eigenvalue weighted by molar-refractivity contribution is 0.138. The molecule has 0 saturated heterocycles. The molecule has 0 amide bonds. The zero-order valence-electron chi connectivity index (χ0n) is 15.1. The Morgan fingerprint density at radius 1 is 1.27 bits per heavy atom. The zero-order valence-corrected chi connectivity index (χ0v) is 15.9. The fraction of sp³-hybridized carbons (Fsp3) is 0.941. The van der Waals surface area contributed by atoms with Gasteiger partial charge in [-0.15, -0.1) is 0 Å². The normalized spacial score (nSPS) is 18.5. The molecule has 1 fully saturated rings. The van der Waals surface area contributed by atoms with Gasteiger partial charge in [-0.3, -0.25) is 4.99 Å². The maximum absolute atomic E-state index is 5.31. The minimum atomic E-state index is 0.184. The number of hydrogen-bond donors (Lipinski definition) is 2. The van der Waals surface area contributed by atoms with Crippen LogP contribution in [0, 0.1) is 5.41 Å². The molecule has 130 valence electrons. The number of thioether (sulfide) groups is 1. The topological polar surface area (TPSA) is 45.7 Å². The van der Waals surface area contributed by atoms with Crippen LogP contribution in [-0.2, 0) is 4.74 Å². The fourth-order valence-electron chi connectivity index (χ4n) is 2.91. The zero-order chi connectivity index (χ0) is 16.5. The van der Waals surface area contributed by atoms with Gasteiger partial charge in [-0.1, -0.05) is 12.8 Å². The van der Waals surface area contributed by atoms with E-state index < -0.39 is 0 Å². The van der Waals surface area contributed by atoms with Gasteiger partial charge in [-0.05, 0) is 51.7 Å². The predicted molar refractivity (Wildman–Crippen MR) is 99.0 cm³/mol. The third kappa shape index (κ3) is 6.78. The molecule has 22 heavy (non-hydrogen) atoms. The Morgan fingerprint density at radius 3 is 2.50 bits per heavy atom. The van der Waals surface area contributed by atoms with Gasteiger partial charge in [0.1, 0.15) is 0 Å². The molecule has 0 radical (unpaired) electrons. The number of nitrogens with zero attached hydrogens (tertiary/aromatic N) is 1. The first-order valence-corrected chi connectivity index (χ1v) is 9.76. The lowest BCUT2D eigenvalue weighted by atomic mass is 9.83. The smallest absolute Gasteiger partial charge is 0.191 e. The van der Waals surface area contributed by atoms with Crippen LogP contribution in [0.4, 0.5) is 0 Å². The maximum Gasteiger partial charge on any atom is 0.191 e. The van der Waals surface area contributed by atoms with Gasteiger partial charge in [0.25, 0.3) is 0 Å². The van der Waals surface area contributed by atoms with Crippen molar-refractivity contribution < 1.29 is 4.74 Å². The predicted octanol–water partition coefficient (Wildman–Crippen LogP) is 3.28. The Kier molecular flexibility index (Phi) is 8.62. The number of methoxy groups -OCH3 is 1. The number of hydrogen-bond acceptors (Lipinski definition) is 3. The summed E-state index contributed by atoms with van der Waals surface area (Å²) >= 11 is 1.86. The summed E-state index contributed by atoms with van der Waals surface area (Å²) in [4.78, 5) is 4.77. The van der Waals surface area contributed by atoms with Crippen LogP contribution in [0.3, 0.4) is 0 Å². The van der Waals surface area contributed by atoms with Gasteiger partial charge in [0.05, 0.1) is 6.54 Å². The van der Waals surface area contributed by atoms with Crippen molar-refractivity contribution in [1.82, 2.24) is 10.6 Å². The molecule has 0 aromatic carbocycles. The van der Waals surface area contributed by atoms with Crippen LogP contribution in [0.5, 0.6) is 0 Å². The first-order valence-electron chi connectivity index (χ1n) is 8.53. The monoisotopic (exact) mass is 329 g/mol. The summed E-state index contributed by atoms with van der Waals surface area (Å²) in [6, 6.07) is 0. The summed E-state index contributed by atoms with van der Waals surface area (Å²) in [6.07, 6.45) is 8.59. The van der Waals surface area contributed by atoms with Crippen LogP contribution in [0.15, 0.2) is 4.99 Å². The summed E-state index contributed by atoms with van der Waals surface area (Å²) in [5, 5.41) is 6.96. The van der Waals surface area contributed by atoms with E-state index in [9.17, 15) is 0 Å². The number of nitrogens with one attached hydrogen (secondary N) is 2. The minimum Gasteiger partial charge on any atom is -0.385 e. The van der Waals surface area contributed by atoms with Crippen LogP contribution in [-0.4, -0.2) is 50.3 Å². The lowest BCUT2D eigenvalue weighted by Crippen LogP contribution is -2.44. The van der Waals surface area contributed by atoms with E-state index >= 15 is 0 Å². The Morgan fingerprint density at radius 2 is 1.95 bits per heavy atom. The third-order valence-corrected chi connectivity index (χ3v) is 5.88. The quantitative estimate of drug-likeness (QED) is 0.503. The standard InChI is InChI=1S/C17H35N3OS/c1-6-18-15(19-13-16(2,3)22-5)20-14-17(11-12-21-4)9-7-8-10-17/h6-14H2,1-5H3,(H2,18,19,20). The summed E-state index contributed by atoms with van der Waals surface area (Å²) in [7, 11) is 1.80. The first-order chi connectivity index (χ1) is 10.5. The Bertz CT molecular complexity index is 339. The highest BCUT2D eigenvalue weighted by atomic mass is 32.2. The maximum atomic E-state index is 5.31. The second kappa shape index (κ2) is 9.66. The molecule has 0 spiro atoms. The summed E-state index contributed by atoms with van der Waals surface area (Å²) in [6.45, 7) is 10.2. The van der Waals surface area contributed by atoms with E-state index in [1.807, 2.05) is 11.8 Å². The van der Waals surface area contributed by atoms with E-state index in [4.69, 9.17) is 9.73 Å². The van der Waals surface area contributed by atoms with Crippen molar-refractivity contribution in [2.75, 3.05) is 39.6 Å². The van der Waals surface area contributed by atoms with Gasteiger partial charge in [-0.2, -0.15) is 11.8 Å². The Balaban J connectivity index is 2.59. The van der Waals surface area contributed by atoms with Crippen molar-refractivity contribution in [3.8, 4) is 0 Å². The van der Waals surface area contributed by atoms with Gasteiger partial charge in [0.15, 0.2) is 5.96 Å². The van der Waals surface area contributed by atoms with Gasteiger partial charge >= 0.3 is 0 Å². The number of guanidine groups is 1. The van der Waals surface area contributed by atoms with Crippen molar-refractivity contribution in [2.45, 2.75) is 57.6 Å². The molecule has 1 rings (SSSR count). The molecular formula is C17H35N3OS. The number of aliphatic imine (C=N–C) groups is 1. The van der Waals surface area contributed by atoms with Crippen molar-refractivity contribution in [3.63, 3.8) is 0 Å². The molecule has 0 bridgehead atoms. The Hall–Kier alpha value is -0.420. The average Bonchev–Trinajstić information content (AvgIpc) is 2.97. The van der Waals surface area contributed by atoms with E-state index in [0.29, 0.717) is 5.41 Å². The van der Waals surface area contributed by atoms with Crippen LogP contribution >= 0.6 is 11.8 Å². The van der Waals surface area contributed by atoms with Crippen molar-refractivity contribution in [1.29, 1.82) is 0 Å². The number of rotatable bonds is 9. The molecule has 0 aromatic heterocycles. The van der Waals surface area contributed by atoms with Gasteiger partial charge in [-0.25, -0.2) is 0 Å². The molecular weight excluding hydrogens is 294 g/mol. The van der Waals surface area contributed by atoms with E-state index in [1.165, 1.54) is 25.7 Å². The van der Waals surface area contributed by atoms with Crippen LogP contribution in [0.1, 0.15) is 52.9 Å². The van der Waals surface area contributed by atoms with Crippen LogP contribution < -0.4 is 10.6 Å². The fourth-order valence-corrected chi connectivity index (χ4v) is 3.10. The molecule has 1 aliphatic carbocycles. The lowest BCUT2D eigenvalue weighted by Gasteiger charge is -2.30. The van der Waals surface area contributed by atoms with Gasteiger partial charge in [0, 0.05) is 31.6 Å². The average molecular weight is 330 g/mol. The second-order valence-electron chi connectivity index (χ2n) is 6.96. The van der Waals surface area contributed by atoms with E-state index in [1.54, 1.807) is 7.11 Å². The van der Waals surface area contributed by atoms with E-state index in [0.717, 1.165) is 38.6 Å². The van der Waals surface area contributed by atoms with Gasteiger partial charge in [0.2, 0.25) is 0 Å². The van der Waals surface area contributed by atoms with Crippen LogP contribution in [0.25, 0.3) is 0 Å². The molecule has 0 unspecified atom stereocenters. The highest BCUT2D eigenvalue weighted by Crippen LogP contribution is 2.40. The van der Waals surface area contributed by atoms with E-state index in [2.05, 4.69) is 37.7 Å². The molecule has 1 aliphatic rings. The molecule has 5 heteroatoms. The molecule has 0 atom stereocenters. The summed E-state index contributed by atoms with van der Waals surface area (Å²) < 4.78 is 5.50. The highest BCUT2D eigenvalue weighted by molar-refractivity contribution is 7.99. The largest absolute Gasteiger partial charge is 0.385 e. The molecule has 0 heterocycles. The molecule has 2 N–H and O–H groups in total. The summed E-state index contributed by atoms with van der Waals surface area (Å²) in [5.41, 5.74) is 0.390. The van der Waals surface area contributed by atoms with Crippen molar-refractivity contribution >= 4 is 17.7 Å². The Labute approximate surface area is 141 Å². The second-order valence-corrected chi connectivity index (χ2v) is 8.48. The number of ether oxygens (including phenoxy) is 1. The van der Waals surface area contributed by atoms with Gasteiger partial charge < -0.3 is 15.4 Å². The van der Waals surface area contributed by atoms with Crippen LogP contribution in [0.2, 0.25) is 0 Å². The minimum absolute atomic E-state index is 0.184. The first kappa shape index (κ1) is 19.6. The molecule has 1 saturated carbocycles. The third-order valence-electron chi connectivity index (χ3n) is 4.65. The van der Waals surface area contributed by atoms with Crippen molar-refractivity contribution in [3.05, 3.63) is 0 Å². The molecule has 0 aliphatic heterocycles. The molecule has 4 nitrogen and oxygen atoms in total. The van der Waals surface area contributed by atoms with E-state index in [-0.39, 0.29) is 4.75 Å². The highest BCUT2D eigenvalue weighted by Gasteiger charge is 2.33. The SMILES string of the molecule is CCNC(=NCC(C)(C)SC)NCC1(CCOC)CCCC1. The van der Waals surface area contributed by atoms with Crippen molar-refractivity contribution in [2.24, 2.45) is 10.4 Å². The summed E-state index contributed by atoms with van der Waals surface area (Å²) in [5.74, 6) is 0.952.